The van der Waals surface area contributed by atoms with Crippen LogP contribution in [0.1, 0.15) is 39.7 Å². The summed E-state index contributed by atoms with van der Waals surface area (Å²) < 4.78 is 0. The predicted molar refractivity (Wildman–Crippen MR) is 85.8 cm³/mol. The standard InChI is InChI=1S/C16H24BrNO/c1-12(16(2,3)4)11-15(19)18-14-7-5-13(6-8-14)9-10-17/h5-8,12H,9-11H2,1-4H3,(H,18,19). The van der Waals surface area contributed by atoms with Crippen molar-refractivity contribution in [2.24, 2.45) is 11.3 Å². The number of nitrogens with one attached hydrogen (secondary N) is 1. The van der Waals surface area contributed by atoms with Crippen LogP contribution in [0.4, 0.5) is 5.69 Å². The third-order valence-corrected chi connectivity index (χ3v) is 3.99. The van der Waals surface area contributed by atoms with E-state index in [9.17, 15) is 4.79 Å². The molecule has 1 aromatic rings. The van der Waals surface area contributed by atoms with Crippen LogP contribution in [0, 0.1) is 11.3 Å². The van der Waals surface area contributed by atoms with Crippen molar-refractivity contribution in [2.75, 3.05) is 10.6 Å². The van der Waals surface area contributed by atoms with Crippen LogP contribution in [0.2, 0.25) is 0 Å². The Labute approximate surface area is 125 Å². The Kier molecular flexibility index (Phi) is 6.05. The average molecular weight is 326 g/mol. The highest BCUT2D eigenvalue weighted by Crippen LogP contribution is 2.28. The molecule has 0 fully saturated rings. The molecule has 0 aromatic heterocycles. The molecule has 3 heteroatoms. The minimum atomic E-state index is 0.0932. The van der Waals surface area contributed by atoms with Crippen molar-refractivity contribution in [3.63, 3.8) is 0 Å². The van der Waals surface area contributed by atoms with Gasteiger partial charge in [0.1, 0.15) is 0 Å². The van der Waals surface area contributed by atoms with Gasteiger partial charge in [-0.15, -0.1) is 0 Å². The topological polar surface area (TPSA) is 29.1 Å². The Morgan fingerprint density at radius 3 is 2.32 bits per heavy atom. The molecule has 1 atom stereocenters. The first-order valence-corrected chi connectivity index (χ1v) is 7.90. The first-order chi connectivity index (χ1) is 8.82. The van der Waals surface area contributed by atoms with Crippen LogP contribution >= 0.6 is 15.9 Å². The van der Waals surface area contributed by atoms with Gasteiger partial charge < -0.3 is 5.32 Å². The van der Waals surface area contributed by atoms with Crippen LogP contribution in [-0.2, 0) is 11.2 Å². The fourth-order valence-corrected chi connectivity index (χ4v) is 2.12. The number of amides is 1. The molecule has 0 radical (unpaired) electrons. The zero-order valence-corrected chi connectivity index (χ0v) is 13.9. The van der Waals surface area contributed by atoms with Gasteiger partial charge in [-0.1, -0.05) is 55.8 Å². The minimum absolute atomic E-state index is 0.0932. The van der Waals surface area contributed by atoms with E-state index in [4.69, 9.17) is 0 Å². The Bertz CT molecular complexity index is 406. The number of anilines is 1. The smallest absolute Gasteiger partial charge is 0.224 e. The quantitative estimate of drug-likeness (QED) is 0.785. The minimum Gasteiger partial charge on any atom is -0.326 e. The first kappa shape index (κ1) is 16.2. The van der Waals surface area contributed by atoms with Crippen molar-refractivity contribution in [3.8, 4) is 0 Å². The number of alkyl halides is 1. The van der Waals surface area contributed by atoms with Crippen molar-refractivity contribution in [3.05, 3.63) is 29.8 Å². The monoisotopic (exact) mass is 325 g/mol. The number of carbonyl (C=O) groups is 1. The highest BCUT2D eigenvalue weighted by atomic mass is 79.9. The van der Waals surface area contributed by atoms with Gasteiger partial charge in [0.2, 0.25) is 5.91 Å². The molecule has 0 bridgehead atoms. The van der Waals surface area contributed by atoms with Gasteiger partial charge in [0, 0.05) is 17.4 Å². The van der Waals surface area contributed by atoms with E-state index in [1.54, 1.807) is 0 Å². The second-order valence-corrected chi connectivity index (χ2v) is 6.95. The fraction of sp³-hybridized carbons (Fsp3) is 0.562. The zero-order valence-electron chi connectivity index (χ0n) is 12.3. The van der Waals surface area contributed by atoms with Crippen molar-refractivity contribution < 1.29 is 4.79 Å². The van der Waals surface area contributed by atoms with E-state index in [-0.39, 0.29) is 11.3 Å². The summed E-state index contributed by atoms with van der Waals surface area (Å²) in [6.45, 7) is 8.62. The number of aryl methyl sites for hydroxylation is 1. The van der Waals surface area contributed by atoms with Gasteiger partial charge in [-0.3, -0.25) is 4.79 Å². The number of benzene rings is 1. The van der Waals surface area contributed by atoms with E-state index in [1.165, 1.54) is 5.56 Å². The van der Waals surface area contributed by atoms with E-state index in [0.29, 0.717) is 12.3 Å². The molecule has 1 aromatic carbocycles. The number of hydrogen-bond acceptors (Lipinski definition) is 1. The highest BCUT2D eigenvalue weighted by molar-refractivity contribution is 9.09. The maximum atomic E-state index is 12.0. The molecule has 2 nitrogen and oxygen atoms in total. The van der Waals surface area contributed by atoms with Crippen LogP contribution in [-0.4, -0.2) is 11.2 Å². The van der Waals surface area contributed by atoms with Gasteiger partial charge in [0.05, 0.1) is 0 Å². The van der Waals surface area contributed by atoms with Gasteiger partial charge in [0.25, 0.3) is 0 Å². The van der Waals surface area contributed by atoms with Gasteiger partial charge in [0.15, 0.2) is 0 Å². The number of carbonyl (C=O) groups excluding carboxylic acids is 1. The van der Waals surface area contributed by atoms with E-state index in [1.807, 2.05) is 12.1 Å². The molecular formula is C16H24BrNO. The van der Waals surface area contributed by atoms with Crippen LogP contribution in [0.3, 0.4) is 0 Å². The van der Waals surface area contributed by atoms with Crippen molar-refractivity contribution in [1.29, 1.82) is 0 Å². The molecule has 0 saturated heterocycles. The van der Waals surface area contributed by atoms with Gasteiger partial charge in [-0.2, -0.15) is 0 Å². The van der Waals surface area contributed by atoms with E-state index < -0.39 is 0 Å². The summed E-state index contributed by atoms with van der Waals surface area (Å²) in [5.41, 5.74) is 2.32. The lowest BCUT2D eigenvalue weighted by molar-refractivity contribution is -0.117. The van der Waals surface area contributed by atoms with Crippen LogP contribution in [0.25, 0.3) is 0 Å². The van der Waals surface area contributed by atoms with Gasteiger partial charge >= 0.3 is 0 Å². The molecule has 0 saturated carbocycles. The molecule has 0 aliphatic carbocycles. The largest absolute Gasteiger partial charge is 0.326 e. The van der Waals surface area contributed by atoms with Crippen molar-refractivity contribution in [1.82, 2.24) is 0 Å². The van der Waals surface area contributed by atoms with E-state index in [0.717, 1.165) is 17.4 Å². The Morgan fingerprint density at radius 1 is 1.26 bits per heavy atom. The molecule has 1 N–H and O–H groups in total. The lowest BCUT2D eigenvalue weighted by Gasteiger charge is -2.26. The Balaban J connectivity index is 2.53. The fourth-order valence-electron chi connectivity index (χ4n) is 1.66. The van der Waals surface area contributed by atoms with Gasteiger partial charge in [-0.25, -0.2) is 0 Å². The highest BCUT2D eigenvalue weighted by Gasteiger charge is 2.22. The number of halogens is 1. The van der Waals surface area contributed by atoms with Crippen molar-refractivity contribution >= 4 is 27.5 Å². The first-order valence-electron chi connectivity index (χ1n) is 6.77. The summed E-state index contributed by atoms with van der Waals surface area (Å²) in [6, 6.07) is 8.06. The molecule has 1 rings (SSSR count). The molecular weight excluding hydrogens is 302 g/mol. The van der Waals surface area contributed by atoms with E-state index >= 15 is 0 Å². The number of hydrogen-bond donors (Lipinski definition) is 1. The molecule has 0 aliphatic heterocycles. The molecule has 19 heavy (non-hydrogen) atoms. The summed E-state index contributed by atoms with van der Waals surface area (Å²) in [5.74, 6) is 0.454. The lowest BCUT2D eigenvalue weighted by atomic mass is 9.80. The molecule has 106 valence electrons. The average Bonchev–Trinajstić information content (AvgIpc) is 2.30. The molecule has 0 spiro atoms. The number of rotatable bonds is 5. The molecule has 0 heterocycles. The van der Waals surface area contributed by atoms with Crippen LogP contribution in [0.5, 0.6) is 0 Å². The SMILES string of the molecule is CC(CC(=O)Nc1ccc(CCBr)cc1)C(C)(C)C. The second-order valence-electron chi connectivity index (χ2n) is 6.16. The van der Waals surface area contributed by atoms with Crippen molar-refractivity contribution in [2.45, 2.75) is 40.5 Å². The van der Waals surface area contributed by atoms with Crippen LogP contribution < -0.4 is 5.32 Å². The predicted octanol–water partition coefficient (Wildman–Crippen LogP) is 4.63. The summed E-state index contributed by atoms with van der Waals surface area (Å²) in [6.07, 6.45) is 1.57. The lowest BCUT2D eigenvalue weighted by Crippen LogP contribution is -2.23. The second kappa shape index (κ2) is 7.09. The summed E-state index contributed by atoms with van der Waals surface area (Å²) in [7, 11) is 0. The molecule has 1 unspecified atom stereocenters. The Morgan fingerprint density at radius 2 is 1.84 bits per heavy atom. The zero-order chi connectivity index (χ0) is 14.5. The normalized spacial score (nSPS) is 13.1. The molecule has 0 aliphatic rings. The summed E-state index contributed by atoms with van der Waals surface area (Å²) >= 11 is 3.42. The summed E-state index contributed by atoms with van der Waals surface area (Å²) in [5, 5.41) is 3.92. The maximum absolute atomic E-state index is 12.0. The Hall–Kier alpha value is -0.830. The van der Waals surface area contributed by atoms with E-state index in [2.05, 4.69) is 61.1 Å². The third kappa shape index (κ3) is 5.77. The van der Waals surface area contributed by atoms with Crippen LogP contribution in [0.15, 0.2) is 24.3 Å². The molecule has 1 amide bonds. The maximum Gasteiger partial charge on any atom is 0.224 e. The third-order valence-electron chi connectivity index (χ3n) is 3.59. The summed E-state index contributed by atoms with van der Waals surface area (Å²) in [4.78, 5) is 12.0. The van der Waals surface area contributed by atoms with Gasteiger partial charge in [-0.05, 0) is 35.4 Å².